The van der Waals surface area contributed by atoms with E-state index in [0.29, 0.717) is 11.2 Å². The summed E-state index contributed by atoms with van der Waals surface area (Å²) in [7, 11) is 0. The first-order chi connectivity index (χ1) is 17.4. The molecule has 0 spiro atoms. The number of hydrogen-bond donors (Lipinski definition) is 1. The second kappa shape index (κ2) is 12.2. The van der Waals surface area contributed by atoms with Gasteiger partial charge in [0.25, 0.3) is 5.56 Å². The summed E-state index contributed by atoms with van der Waals surface area (Å²) in [5, 5.41) is 10.5. The van der Waals surface area contributed by atoms with Crippen LogP contribution in [0.25, 0.3) is 0 Å². The van der Waals surface area contributed by atoms with Crippen LogP contribution in [0.3, 0.4) is 0 Å². The Morgan fingerprint density at radius 1 is 0.972 bits per heavy atom. The molecule has 0 unspecified atom stereocenters. The van der Waals surface area contributed by atoms with Crippen molar-refractivity contribution in [2.45, 2.75) is 57.8 Å². The number of aliphatic hydroxyl groups excluding tert-OH is 1. The van der Waals surface area contributed by atoms with Crippen molar-refractivity contribution < 1.29 is 28.4 Å². The van der Waals surface area contributed by atoms with Crippen LogP contribution in [0.1, 0.15) is 18.1 Å². The Kier molecular flexibility index (Phi) is 8.79. The van der Waals surface area contributed by atoms with Crippen LogP contribution in [-0.2, 0) is 45.4 Å². The molecule has 1 aliphatic heterocycles. The minimum atomic E-state index is -1.10. The average molecular weight is 501 g/mol. The summed E-state index contributed by atoms with van der Waals surface area (Å²) in [5.74, 6) is -1.10. The van der Waals surface area contributed by atoms with E-state index in [-0.39, 0.29) is 19.9 Å². The number of rotatable bonds is 11. The fraction of sp³-hybridized carbons (Fsp3) is 0.385. The second-order valence-electron chi connectivity index (χ2n) is 8.56. The molecular weight excluding hydrogens is 471 g/mol. The molecular formula is C26H29FN2O7. The van der Waals surface area contributed by atoms with Crippen molar-refractivity contribution in [1.29, 1.82) is 0 Å². The third kappa shape index (κ3) is 6.34. The van der Waals surface area contributed by atoms with Gasteiger partial charge < -0.3 is 24.1 Å². The highest BCUT2D eigenvalue weighted by Crippen LogP contribution is 2.25. The number of hydrogen-bond acceptors (Lipinski definition) is 7. The van der Waals surface area contributed by atoms with Crippen molar-refractivity contribution in [2.24, 2.45) is 0 Å². The van der Waals surface area contributed by atoms with Crippen molar-refractivity contribution in [2.75, 3.05) is 6.79 Å². The lowest BCUT2D eigenvalue weighted by molar-refractivity contribution is -0.132. The Hall–Kier alpha value is -3.15. The van der Waals surface area contributed by atoms with E-state index in [0.717, 1.165) is 21.9 Å². The Labute approximate surface area is 207 Å². The lowest BCUT2D eigenvalue weighted by Gasteiger charge is -2.22. The van der Waals surface area contributed by atoms with Crippen LogP contribution in [0.2, 0.25) is 0 Å². The normalized spacial score (nSPS) is 21.6. The number of aliphatic hydroxyl groups is 1. The van der Waals surface area contributed by atoms with E-state index < -0.39 is 48.2 Å². The van der Waals surface area contributed by atoms with Crippen LogP contribution >= 0.6 is 0 Å². The average Bonchev–Trinajstić information content (AvgIpc) is 3.15. The number of nitrogens with zero attached hydrogens (tertiary/aromatic N) is 2. The first-order valence-corrected chi connectivity index (χ1v) is 11.6. The maximum absolute atomic E-state index is 14.4. The van der Waals surface area contributed by atoms with Gasteiger partial charge in [-0.15, -0.1) is 0 Å². The molecule has 1 aliphatic rings. The van der Waals surface area contributed by atoms with E-state index in [4.69, 9.17) is 18.9 Å². The van der Waals surface area contributed by atoms with Gasteiger partial charge in [-0.3, -0.25) is 9.36 Å². The van der Waals surface area contributed by atoms with Gasteiger partial charge in [-0.25, -0.2) is 9.36 Å². The first-order valence-electron chi connectivity index (χ1n) is 11.6. The van der Waals surface area contributed by atoms with Gasteiger partial charge in [0.1, 0.15) is 31.8 Å². The molecule has 3 aromatic rings. The molecule has 1 saturated heterocycles. The predicted octanol–water partition coefficient (Wildman–Crippen LogP) is 2.03. The molecule has 10 heteroatoms. The van der Waals surface area contributed by atoms with Gasteiger partial charge >= 0.3 is 5.69 Å². The van der Waals surface area contributed by atoms with Crippen molar-refractivity contribution in [1.82, 2.24) is 9.13 Å². The molecule has 1 N–H and O–H groups in total. The van der Waals surface area contributed by atoms with Crippen LogP contribution in [0, 0.1) is 5.82 Å². The smallest absolute Gasteiger partial charge is 0.333 e. The van der Waals surface area contributed by atoms with Crippen LogP contribution in [0.5, 0.6) is 0 Å². The van der Waals surface area contributed by atoms with Gasteiger partial charge in [0.05, 0.1) is 32.1 Å². The molecule has 192 valence electrons. The van der Waals surface area contributed by atoms with Gasteiger partial charge in [-0.05, 0) is 18.1 Å². The van der Waals surface area contributed by atoms with E-state index in [1.165, 1.54) is 0 Å². The summed E-state index contributed by atoms with van der Waals surface area (Å²) in [6, 6.07) is 18.7. The molecule has 4 atom stereocenters. The number of ether oxygens (including phenoxy) is 4. The fourth-order valence-electron chi connectivity index (χ4n) is 4.02. The second-order valence-corrected chi connectivity index (χ2v) is 8.56. The zero-order chi connectivity index (χ0) is 25.5. The Balaban J connectivity index is 1.41. The molecule has 0 radical (unpaired) electrons. The Bertz CT molecular complexity index is 1230. The molecule has 1 aromatic heterocycles. The SMILES string of the molecule is C[C@H]1O[C@@H](Cn2cc(F)c(=O)n(COCc3ccccc3)c2=O)[C@H](OCOCc2ccccc2)[C@@H]1O. The van der Waals surface area contributed by atoms with E-state index in [1.807, 2.05) is 60.7 Å². The highest BCUT2D eigenvalue weighted by molar-refractivity contribution is 5.14. The standard InChI is InChI=1S/C26H29FN2O7/c1-18-23(30)24(35-17-34-15-20-10-6-3-7-11-20)22(36-18)13-28-12-21(27)25(31)29(26(28)32)16-33-14-19-8-4-2-5-9-19/h2-12,18,22-24,30H,13-17H2,1H3/t18-,22+,23-,24+/m1/s1. The topological polar surface area (TPSA) is 101 Å². The fourth-order valence-corrected chi connectivity index (χ4v) is 4.02. The summed E-state index contributed by atoms with van der Waals surface area (Å²) in [6.45, 7) is 1.48. The summed E-state index contributed by atoms with van der Waals surface area (Å²) in [5.41, 5.74) is -0.0227. The van der Waals surface area contributed by atoms with Gasteiger partial charge in [0, 0.05) is 0 Å². The van der Waals surface area contributed by atoms with Crippen LogP contribution < -0.4 is 11.2 Å². The van der Waals surface area contributed by atoms with Crippen molar-refractivity contribution >= 4 is 0 Å². The van der Waals surface area contributed by atoms with Crippen molar-refractivity contribution in [3.8, 4) is 0 Å². The zero-order valence-electron chi connectivity index (χ0n) is 19.9. The number of benzene rings is 2. The van der Waals surface area contributed by atoms with E-state index in [1.54, 1.807) is 6.92 Å². The lowest BCUT2D eigenvalue weighted by Crippen LogP contribution is -2.45. The van der Waals surface area contributed by atoms with Crippen LogP contribution in [0.15, 0.2) is 76.4 Å². The maximum atomic E-state index is 14.4. The molecule has 0 aliphatic carbocycles. The molecule has 1 fully saturated rings. The molecule has 2 heterocycles. The molecule has 0 saturated carbocycles. The van der Waals surface area contributed by atoms with Gasteiger partial charge in [-0.1, -0.05) is 60.7 Å². The molecule has 36 heavy (non-hydrogen) atoms. The third-order valence-electron chi connectivity index (χ3n) is 5.93. The first kappa shape index (κ1) is 25.9. The molecule has 4 rings (SSSR count). The van der Waals surface area contributed by atoms with E-state index in [2.05, 4.69) is 0 Å². The number of halogens is 1. The van der Waals surface area contributed by atoms with Gasteiger partial charge in [0.2, 0.25) is 5.82 Å². The van der Waals surface area contributed by atoms with Crippen LogP contribution in [0.4, 0.5) is 4.39 Å². The van der Waals surface area contributed by atoms with Gasteiger partial charge in [0.15, 0.2) is 0 Å². The largest absolute Gasteiger partial charge is 0.388 e. The zero-order valence-corrected chi connectivity index (χ0v) is 19.9. The highest BCUT2D eigenvalue weighted by Gasteiger charge is 2.42. The monoisotopic (exact) mass is 500 g/mol. The molecule has 9 nitrogen and oxygen atoms in total. The lowest BCUT2D eigenvalue weighted by atomic mass is 10.1. The van der Waals surface area contributed by atoms with Gasteiger partial charge in [-0.2, -0.15) is 4.39 Å². The predicted molar refractivity (Wildman–Crippen MR) is 127 cm³/mol. The Morgan fingerprint density at radius 2 is 1.58 bits per heavy atom. The molecule has 0 amide bonds. The van der Waals surface area contributed by atoms with E-state index in [9.17, 15) is 19.1 Å². The minimum absolute atomic E-state index is 0.112. The minimum Gasteiger partial charge on any atom is -0.388 e. The van der Waals surface area contributed by atoms with Crippen molar-refractivity contribution in [3.05, 3.63) is 105 Å². The quantitative estimate of drug-likeness (QED) is 0.318. The van der Waals surface area contributed by atoms with Crippen LogP contribution in [-0.4, -0.2) is 45.4 Å². The highest BCUT2D eigenvalue weighted by atomic mass is 19.1. The van der Waals surface area contributed by atoms with E-state index >= 15 is 0 Å². The summed E-state index contributed by atoms with van der Waals surface area (Å²) < 4.78 is 38.7. The molecule has 0 bridgehead atoms. The number of aromatic nitrogens is 2. The summed E-state index contributed by atoms with van der Waals surface area (Å²) in [4.78, 5) is 25.2. The molecule has 2 aromatic carbocycles. The summed E-state index contributed by atoms with van der Waals surface area (Å²) in [6.07, 6.45) is -2.31. The maximum Gasteiger partial charge on any atom is 0.333 e. The third-order valence-corrected chi connectivity index (χ3v) is 5.93. The Morgan fingerprint density at radius 3 is 2.22 bits per heavy atom. The van der Waals surface area contributed by atoms with Crippen molar-refractivity contribution in [3.63, 3.8) is 0 Å². The summed E-state index contributed by atoms with van der Waals surface area (Å²) >= 11 is 0.